The Kier molecular flexibility index (Phi) is 4.02. The second-order valence-electron chi connectivity index (χ2n) is 4.64. The lowest BCUT2D eigenvalue weighted by Gasteiger charge is -2.13. The summed E-state index contributed by atoms with van der Waals surface area (Å²) in [6, 6.07) is 0.644. The van der Waals surface area contributed by atoms with Gasteiger partial charge in [-0.05, 0) is 19.3 Å². The minimum Gasteiger partial charge on any atom is -0.478 e. The number of aliphatic imine (C=N–C) groups is 2. The van der Waals surface area contributed by atoms with Gasteiger partial charge in [-0.25, -0.2) is 9.98 Å². The molecule has 2 aliphatic heterocycles. The fourth-order valence-corrected chi connectivity index (χ4v) is 2.13. The number of hydrogen-bond donors (Lipinski definition) is 0. The standard InChI is InChI=1S/C13H22N2O2/c1-4-9-7-16-12(14-9)11(6-3)13-15-10(5-2)8-17-13/h9-11H,4-8H2,1-3H3. The van der Waals surface area contributed by atoms with E-state index in [9.17, 15) is 0 Å². The minimum absolute atomic E-state index is 0.128. The summed E-state index contributed by atoms with van der Waals surface area (Å²) >= 11 is 0. The smallest absolute Gasteiger partial charge is 0.196 e. The molecule has 4 nitrogen and oxygen atoms in total. The maximum atomic E-state index is 5.68. The van der Waals surface area contributed by atoms with Crippen molar-refractivity contribution in [2.45, 2.75) is 52.1 Å². The second kappa shape index (κ2) is 5.52. The Balaban J connectivity index is 2.07. The third-order valence-electron chi connectivity index (χ3n) is 3.41. The largest absolute Gasteiger partial charge is 0.478 e. The van der Waals surface area contributed by atoms with Gasteiger partial charge in [0.1, 0.15) is 19.1 Å². The quantitative estimate of drug-likeness (QED) is 0.738. The highest BCUT2D eigenvalue weighted by molar-refractivity contribution is 6.01. The highest BCUT2D eigenvalue weighted by Gasteiger charge is 2.32. The molecule has 17 heavy (non-hydrogen) atoms. The summed E-state index contributed by atoms with van der Waals surface area (Å²) in [5, 5.41) is 0. The van der Waals surface area contributed by atoms with Crippen LogP contribution in [0.4, 0.5) is 0 Å². The van der Waals surface area contributed by atoms with E-state index in [0.29, 0.717) is 25.3 Å². The van der Waals surface area contributed by atoms with E-state index in [4.69, 9.17) is 9.47 Å². The third-order valence-corrected chi connectivity index (χ3v) is 3.41. The fourth-order valence-electron chi connectivity index (χ4n) is 2.13. The van der Waals surface area contributed by atoms with Crippen LogP contribution in [-0.4, -0.2) is 37.1 Å². The van der Waals surface area contributed by atoms with Crippen LogP contribution in [-0.2, 0) is 9.47 Å². The molecule has 96 valence electrons. The van der Waals surface area contributed by atoms with E-state index in [2.05, 4.69) is 30.8 Å². The predicted molar refractivity (Wildman–Crippen MR) is 68.7 cm³/mol. The van der Waals surface area contributed by atoms with E-state index in [-0.39, 0.29) is 5.92 Å². The lowest BCUT2D eigenvalue weighted by atomic mass is 10.1. The van der Waals surface area contributed by atoms with Gasteiger partial charge in [-0.3, -0.25) is 0 Å². The lowest BCUT2D eigenvalue weighted by molar-refractivity contribution is 0.280. The average Bonchev–Trinajstić information content (AvgIpc) is 2.99. The summed E-state index contributed by atoms with van der Waals surface area (Å²) < 4.78 is 11.4. The van der Waals surface area contributed by atoms with Crippen LogP contribution in [0.2, 0.25) is 0 Å². The number of ether oxygens (including phenoxy) is 2. The lowest BCUT2D eigenvalue weighted by Crippen LogP contribution is -2.24. The van der Waals surface area contributed by atoms with E-state index in [1.54, 1.807) is 0 Å². The van der Waals surface area contributed by atoms with Gasteiger partial charge in [-0.2, -0.15) is 0 Å². The zero-order valence-corrected chi connectivity index (χ0v) is 11.0. The van der Waals surface area contributed by atoms with Gasteiger partial charge >= 0.3 is 0 Å². The molecule has 0 bridgehead atoms. The van der Waals surface area contributed by atoms with Crippen molar-refractivity contribution in [3.05, 3.63) is 0 Å². The minimum atomic E-state index is 0.128. The Labute approximate surface area is 103 Å². The summed E-state index contributed by atoms with van der Waals surface area (Å²) in [6.45, 7) is 7.83. The molecule has 0 amide bonds. The molecule has 0 saturated carbocycles. The first kappa shape index (κ1) is 12.4. The van der Waals surface area contributed by atoms with E-state index in [1.165, 1.54) is 0 Å². The van der Waals surface area contributed by atoms with Gasteiger partial charge < -0.3 is 9.47 Å². The topological polar surface area (TPSA) is 43.2 Å². The maximum absolute atomic E-state index is 5.68. The van der Waals surface area contributed by atoms with E-state index < -0.39 is 0 Å². The third kappa shape index (κ3) is 2.61. The molecule has 0 radical (unpaired) electrons. The van der Waals surface area contributed by atoms with Crippen molar-refractivity contribution in [2.75, 3.05) is 13.2 Å². The first-order chi connectivity index (χ1) is 8.28. The molecule has 2 heterocycles. The zero-order valence-electron chi connectivity index (χ0n) is 11.0. The van der Waals surface area contributed by atoms with Crippen LogP contribution in [0.3, 0.4) is 0 Å². The molecule has 2 aliphatic rings. The Morgan fingerprint density at radius 1 is 1.00 bits per heavy atom. The molecule has 0 spiro atoms. The number of rotatable bonds is 5. The van der Waals surface area contributed by atoms with Gasteiger partial charge in [0.15, 0.2) is 11.8 Å². The fraction of sp³-hybridized carbons (Fsp3) is 0.846. The van der Waals surface area contributed by atoms with Crippen molar-refractivity contribution in [3.63, 3.8) is 0 Å². The SMILES string of the molecule is CCC1COC(C(CC)C2=NC(CC)CO2)=N1. The van der Waals surface area contributed by atoms with Gasteiger partial charge in [0, 0.05) is 0 Å². The molecule has 0 saturated heterocycles. The molecule has 0 aliphatic carbocycles. The molecular formula is C13H22N2O2. The Morgan fingerprint density at radius 2 is 1.47 bits per heavy atom. The molecule has 2 rings (SSSR count). The maximum Gasteiger partial charge on any atom is 0.196 e. The van der Waals surface area contributed by atoms with Gasteiger partial charge in [-0.1, -0.05) is 20.8 Å². The van der Waals surface area contributed by atoms with Crippen molar-refractivity contribution < 1.29 is 9.47 Å². The second-order valence-corrected chi connectivity index (χ2v) is 4.64. The van der Waals surface area contributed by atoms with Crippen LogP contribution in [0.1, 0.15) is 40.0 Å². The first-order valence-corrected chi connectivity index (χ1v) is 6.69. The van der Waals surface area contributed by atoms with Crippen molar-refractivity contribution in [1.82, 2.24) is 0 Å². The van der Waals surface area contributed by atoms with E-state index >= 15 is 0 Å². The first-order valence-electron chi connectivity index (χ1n) is 6.69. The molecule has 0 N–H and O–H groups in total. The Morgan fingerprint density at radius 3 is 1.76 bits per heavy atom. The number of hydrogen-bond acceptors (Lipinski definition) is 4. The molecule has 0 fully saturated rings. The summed E-state index contributed by atoms with van der Waals surface area (Å²) in [6.07, 6.45) is 3.00. The van der Waals surface area contributed by atoms with Crippen molar-refractivity contribution in [3.8, 4) is 0 Å². The van der Waals surface area contributed by atoms with Crippen LogP contribution < -0.4 is 0 Å². The van der Waals surface area contributed by atoms with Gasteiger partial charge in [0.25, 0.3) is 0 Å². The molecule has 2 atom stereocenters. The summed E-state index contributed by atoms with van der Waals surface area (Å²) in [7, 11) is 0. The molecule has 0 aromatic rings. The molecule has 2 unspecified atom stereocenters. The monoisotopic (exact) mass is 238 g/mol. The van der Waals surface area contributed by atoms with Crippen molar-refractivity contribution in [2.24, 2.45) is 15.9 Å². The molecule has 0 aromatic heterocycles. The summed E-state index contributed by atoms with van der Waals surface area (Å²) in [5.41, 5.74) is 0. The van der Waals surface area contributed by atoms with Crippen LogP contribution in [0.25, 0.3) is 0 Å². The van der Waals surface area contributed by atoms with Crippen LogP contribution in [0, 0.1) is 5.92 Å². The predicted octanol–water partition coefficient (Wildman–Crippen LogP) is 2.43. The molecule has 0 aromatic carbocycles. The highest BCUT2D eigenvalue weighted by atomic mass is 16.5. The molecule has 4 heteroatoms. The van der Waals surface area contributed by atoms with Crippen molar-refractivity contribution >= 4 is 11.8 Å². The van der Waals surface area contributed by atoms with Crippen LogP contribution in [0.5, 0.6) is 0 Å². The van der Waals surface area contributed by atoms with E-state index in [0.717, 1.165) is 31.1 Å². The van der Waals surface area contributed by atoms with Crippen LogP contribution >= 0.6 is 0 Å². The summed E-state index contributed by atoms with van der Waals surface area (Å²) in [5.74, 6) is 1.79. The normalized spacial score (nSPS) is 29.4. The zero-order chi connectivity index (χ0) is 12.3. The van der Waals surface area contributed by atoms with E-state index in [1.807, 2.05) is 0 Å². The van der Waals surface area contributed by atoms with Crippen LogP contribution in [0.15, 0.2) is 9.98 Å². The van der Waals surface area contributed by atoms with Gasteiger partial charge in [-0.15, -0.1) is 0 Å². The highest BCUT2D eigenvalue weighted by Crippen LogP contribution is 2.22. The molecular weight excluding hydrogens is 216 g/mol. The number of nitrogens with zero attached hydrogens (tertiary/aromatic N) is 2. The van der Waals surface area contributed by atoms with Gasteiger partial charge in [0.05, 0.1) is 12.1 Å². The average molecular weight is 238 g/mol. The Hall–Kier alpha value is -1.06. The summed E-state index contributed by atoms with van der Waals surface area (Å²) in [4.78, 5) is 9.21. The Bertz CT molecular complexity index is 295. The van der Waals surface area contributed by atoms with Crippen molar-refractivity contribution in [1.29, 1.82) is 0 Å². The van der Waals surface area contributed by atoms with Gasteiger partial charge in [0.2, 0.25) is 0 Å².